The Morgan fingerprint density at radius 1 is 1.05 bits per heavy atom. The molecule has 4 nitrogen and oxygen atoms in total. The Kier molecular flexibility index (Phi) is 8.35. The number of rotatable bonds is 10. The summed E-state index contributed by atoms with van der Waals surface area (Å²) in [4.78, 5) is 0. The van der Waals surface area contributed by atoms with Gasteiger partial charge in [0, 0.05) is 32.4 Å². The Hall–Kier alpha value is -1.10. The zero-order chi connectivity index (χ0) is 15.6. The molecule has 120 valence electrons. The van der Waals surface area contributed by atoms with Crippen molar-refractivity contribution < 1.29 is 14.2 Å². The van der Waals surface area contributed by atoms with E-state index in [4.69, 9.17) is 14.2 Å². The minimum Gasteiger partial charge on any atom is -0.491 e. The van der Waals surface area contributed by atoms with Crippen LogP contribution >= 0.6 is 0 Å². The minimum atomic E-state index is 0.118. The largest absolute Gasteiger partial charge is 0.491 e. The molecule has 0 aliphatic heterocycles. The van der Waals surface area contributed by atoms with Gasteiger partial charge in [0.15, 0.2) is 0 Å². The molecule has 1 aromatic carbocycles. The predicted octanol–water partition coefficient (Wildman–Crippen LogP) is 3.01. The SMILES string of the molecule is COCCCOCCOc1cccc(CNC(C)(C)C)c1. The van der Waals surface area contributed by atoms with Gasteiger partial charge in [0.2, 0.25) is 0 Å². The van der Waals surface area contributed by atoms with Crippen LogP contribution in [0.15, 0.2) is 24.3 Å². The summed E-state index contributed by atoms with van der Waals surface area (Å²) >= 11 is 0. The van der Waals surface area contributed by atoms with E-state index in [-0.39, 0.29) is 5.54 Å². The van der Waals surface area contributed by atoms with Gasteiger partial charge in [0.05, 0.1) is 6.61 Å². The number of hydrogen-bond acceptors (Lipinski definition) is 4. The van der Waals surface area contributed by atoms with Crippen LogP contribution in [0.3, 0.4) is 0 Å². The van der Waals surface area contributed by atoms with Gasteiger partial charge in [-0.25, -0.2) is 0 Å². The molecule has 0 atom stereocenters. The maximum atomic E-state index is 5.70. The standard InChI is InChI=1S/C17H29NO3/c1-17(2,3)18-14-15-7-5-8-16(13-15)21-12-11-20-10-6-9-19-4/h5,7-8,13,18H,6,9-12,14H2,1-4H3. The number of ether oxygens (including phenoxy) is 3. The van der Waals surface area contributed by atoms with Crippen LogP contribution in [0.1, 0.15) is 32.8 Å². The smallest absolute Gasteiger partial charge is 0.119 e. The first kappa shape index (κ1) is 18.0. The molecule has 1 N–H and O–H groups in total. The highest BCUT2D eigenvalue weighted by Crippen LogP contribution is 2.14. The summed E-state index contributed by atoms with van der Waals surface area (Å²) in [5.41, 5.74) is 1.34. The van der Waals surface area contributed by atoms with E-state index in [0.717, 1.165) is 25.3 Å². The average molecular weight is 295 g/mol. The fraction of sp³-hybridized carbons (Fsp3) is 0.647. The molecule has 1 aromatic rings. The van der Waals surface area contributed by atoms with Gasteiger partial charge in [-0.2, -0.15) is 0 Å². The van der Waals surface area contributed by atoms with Gasteiger partial charge < -0.3 is 19.5 Å². The molecule has 0 aliphatic rings. The molecule has 4 heteroatoms. The molecule has 1 rings (SSSR count). The second-order valence-corrected chi connectivity index (χ2v) is 6.06. The highest BCUT2D eigenvalue weighted by molar-refractivity contribution is 5.28. The quantitative estimate of drug-likeness (QED) is 0.674. The average Bonchev–Trinajstić information content (AvgIpc) is 2.44. The van der Waals surface area contributed by atoms with Crippen molar-refractivity contribution in [2.45, 2.75) is 39.3 Å². The molecule has 0 heterocycles. The van der Waals surface area contributed by atoms with Gasteiger partial charge in [-0.1, -0.05) is 12.1 Å². The van der Waals surface area contributed by atoms with E-state index in [2.05, 4.69) is 38.2 Å². The van der Waals surface area contributed by atoms with Crippen molar-refractivity contribution in [2.24, 2.45) is 0 Å². The highest BCUT2D eigenvalue weighted by atomic mass is 16.5. The first-order valence-corrected chi connectivity index (χ1v) is 7.55. The first-order chi connectivity index (χ1) is 10.0. The highest BCUT2D eigenvalue weighted by Gasteiger charge is 2.08. The van der Waals surface area contributed by atoms with E-state index in [9.17, 15) is 0 Å². The number of hydrogen-bond donors (Lipinski definition) is 1. The lowest BCUT2D eigenvalue weighted by atomic mass is 10.1. The molecule has 0 unspecified atom stereocenters. The summed E-state index contributed by atoms with van der Waals surface area (Å²) in [6, 6.07) is 8.18. The zero-order valence-electron chi connectivity index (χ0n) is 13.8. The van der Waals surface area contributed by atoms with Crippen molar-refractivity contribution in [1.29, 1.82) is 0 Å². The Balaban J connectivity index is 2.23. The number of nitrogens with one attached hydrogen (secondary N) is 1. The minimum absolute atomic E-state index is 0.118. The van der Waals surface area contributed by atoms with Crippen molar-refractivity contribution in [3.8, 4) is 5.75 Å². The number of benzene rings is 1. The Morgan fingerprint density at radius 2 is 1.86 bits per heavy atom. The monoisotopic (exact) mass is 295 g/mol. The van der Waals surface area contributed by atoms with Crippen LogP contribution in [0.25, 0.3) is 0 Å². The van der Waals surface area contributed by atoms with Gasteiger partial charge >= 0.3 is 0 Å². The van der Waals surface area contributed by atoms with E-state index in [1.807, 2.05) is 12.1 Å². The van der Waals surface area contributed by atoms with E-state index in [1.54, 1.807) is 7.11 Å². The van der Waals surface area contributed by atoms with Gasteiger partial charge in [-0.3, -0.25) is 0 Å². The van der Waals surface area contributed by atoms with Crippen LogP contribution in [0.5, 0.6) is 5.75 Å². The van der Waals surface area contributed by atoms with Crippen LogP contribution in [0.2, 0.25) is 0 Å². The van der Waals surface area contributed by atoms with E-state index in [1.165, 1.54) is 5.56 Å². The lowest BCUT2D eigenvalue weighted by molar-refractivity contribution is 0.0806. The Bertz CT molecular complexity index is 388. The molecule has 21 heavy (non-hydrogen) atoms. The van der Waals surface area contributed by atoms with Crippen LogP contribution < -0.4 is 10.1 Å². The van der Waals surface area contributed by atoms with E-state index in [0.29, 0.717) is 19.8 Å². The Labute approximate surface area is 128 Å². The third kappa shape index (κ3) is 9.45. The number of methoxy groups -OCH3 is 1. The van der Waals surface area contributed by atoms with Crippen molar-refractivity contribution in [3.05, 3.63) is 29.8 Å². The summed E-state index contributed by atoms with van der Waals surface area (Å²) in [6.07, 6.45) is 0.921. The summed E-state index contributed by atoms with van der Waals surface area (Å²) in [6.45, 7) is 9.96. The normalized spacial score (nSPS) is 11.6. The summed E-state index contributed by atoms with van der Waals surface area (Å²) in [5, 5.41) is 3.47. The van der Waals surface area contributed by atoms with Crippen molar-refractivity contribution >= 4 is 0 Å². The molecule has 0 spiro atoms. The summed E-state index contributed by atoms with van der Waals surface area (Å²) in [7, 11) is 1.70. The molecular formula is C17H29NO3. The van der Waals surface area contributed by atoms with E-state index < -0.39 is 0 Å². The Morgan fingerprint density at radius 3 is 2.57 bits per heavy atom. The maximum Gasteiger partial charge on any atom is 0.119 e. The second-order valence-electron chi connectivity index (χ2n) is 6.06. The topological polar surface area (TPSA) is 39.7 Å². The van der Waals surface area contributed by atoms with Gasteiger partial charge in [0.25, 0.3) is 0 Å². The molecule has 0 amide bonds. The predicted molar refractivity (Wildman–Crippen MR) is 85.8 cm³/mol. The first-order valence-electron chi connectivity index (χ1n) is 7.55. The van der Waals surface area contributed by atoms with E-state index >= 15 is 0 Å². The lowest BCUT2D eigenvalue weighted by Crippen LogP contribution is -2.35. The molecule has 0 aliphatic carbocycles. The fourth-order valence-electron chi connectivity index (χ4n) is 1.74. The third-order valence-corrected chi connectivity index (χ3v) is 2.85. The van der Waals surface area contributed by atoms with Crippen molar-refractivity contribution in [3.63, 3.8) is 0 Å². The maximum absolute atomic E-state index is 5.70. The molecule has 0 saturated heterocycles. The molecule has 0 fully saturated rings. The van der Waals surface area contributed by atoms with Gasteiger partial charge in [-0.05, 0) is 44.9 Å². The van der Waals surface area contributed by atoms with Crippen molar-refractivity contribution in [2.75, 3.05) is 33.5 Å². The van der Waals surface area contributed by atoms with Gasteiger partial charge in [0.1, 0.15) is 12.4 Å². The van der Waals surface area contributed by atoms with Crippen LogP contribution in [-0.2, 0) is 16.0 Å². The molecule has 0 saturated carbocycles. The molecule has 0 aromatic heterocycles. The summed E-state index contributed by atoms with van der Waals surface area (Å²) in [5.74, 6) is 0.892. The summed E-state index contributed by atoms with van der Waals surface area (Å²) < 4.78 is 16.1. The molecule has 0 radical (unpaired) electrons. The van der Waals surface area contributed by atoms with Crippen LogP contribution in [0, 0.1) is 0 Å². The van der Waals surface area contributed by atoms with Gasteiger partial charge in [-0.15, -0.1) is 0 Å². The zero-order valence-corrected chi connectivity index (χ0v) is 13.8. The lowest BCUT2D eigenvalue weighted by Gasteiger charge is -2.20. The molecular weight excluding hydrogens is 266 g/mol. The fourth-order valence-corrected chi connectivity index (χ4v) is 1.74. The third-order valence-electron chi connectivity index (χ3n) is 2.85. The van der Waals surface area contributed by atoms with Crippen LogP contribution in [-0.4, -0.2) is 39.1 Å². The molecule has 0 bridgehead atoms. The van der Waals surface area contributed by atoms with Crippen molar-refractivity contribution in [1.82, 2.24) is 5.32 Å². The van der Waals surface area contributed by atoms with Crippen LogP contribution in [0.4, 0.5) is 0 Å². The second kappa shape index (κ2) is 9.77.